The Hall–Kier alpha value is -1.50. The van der Waals surface area contributed by atoms with Crippen LogP contribution in [0.25, 0.3) is 0 Å². The Kier molecular flexibility index (Phi) is 2.16. The van der Waals surface area contributed by atoms with Gasteiger partial charge in [0.15, 0.2) is 0 Å². The highest BCUT2D eigenvalue weighted by molar-refractivity contribution is 4.98. The summed E-state index contributed by atoms with van der Waals surface area (Å²) < 4.78 is 3.21. The van der Waals surface area contributed by atoms with Gasteiger partial charge in [0.05, 0.1) is 0 Å². The van der Waals surface area contributed by atoms with E-state index in [4.69, 9.17) is 0 Å². The second kappa shape index (κ2) is 3.33. The molecule has 1 heterocycles. The Labute approximate surface area is 82.5 Å². The number of aryl methyl sites for hydroxylation is 1. The van der Waals surface area contributed by atoms with Crippen molar-refractivity contribution >= 4 is 0 Å². The van der Waals surface area contributed by atoms with Crippen LogP contribution in [0.3, 0.4) is 0 Å². The average Bonchev–Trinajstić information content (AvgIpc) is 2.92. The van der Waals surface area contributed by atoms with Gasteiger partial charge in [0.2, 0.25) is 0 Å². The molecule has 4 heteroatoms. The summed E-state index contributed by atoms with van der Waals surface area (Å²) in [7, 11) is 0. The quantitative estimate of drug-likeness (QED) is 0.646. The molecule has 0 spiro atoms. The monoisotopic (exact) mass is 191 g/mol. The van der Waals surface area contributed by atoms with Gasteiger partial charge in [-0.25, -0.2) is 9.48 Å². The molecule has 1 fully saturated rings. The maximum Gasteiger partial charge on any atom is 0.347 e. The molecule has 0 aromatic carbocycles. The normalized spacial score (nSPS) is 15.0. The molecule has 0 saturated heterocycles. The van der Waals surface area contributed by atoms with E-state index in [0.717, 1.165) is 18.7 Å². The molecule has 4 nitrogen and oxygen atoms in total. The topological polar surface area (TPSA) is 39.8 Å². The van der Waals surface area contributed by atoms with Crippen molar-refractivity contribution < 1.29 is 0 Å². The van der Waals surface area contributed by atoms with Gasteiger partial charge >= 0.3 is 5.69 Å². The molecule has 1 aromatic rings. The van der Waals surface area contributed by atoms with Crippen LogP contribution in [0.15, 0.2) is 4.79 Å². The molecule has 1 aromatic heterocycles. The molecule has 1 aliphatic rings. The Morgan fingerprint density at radius 2 is 2.29 bits per heavy atom. The number of hydrogen-bond acceptors (Lipinski definition) is 2. The van der Waals surface area contributed by atoms with Crippen LogP contribution in [0.2, 0.25) is 0 Å². The Bertz CT molecular complexity index is 454. The van der Waals surface area contributed by atoms with Crippen molar-refractivity contribution in [2.45, 2.75) is 39.3 Å². The number of nitrogens with zero attached hydrogens (tertiary/aromatic N) is 3. The summed E-state index contributed by atoms with van der Waals surface area (Å²) in [4.78, 5) is 11.8. The summed E-state index contributed by atoms with van der Waals surface area (Å²) in [5, 5.41) is 4.17. The van der Waals surface area contributed by atoms with Gasteiger partial charge in [0.25, 0.3) is 0 Å². The van der Waals surface area contributed by atoms with Gasteiger partial charge in [-0.3, -0.25) is 4.57 Å². The highest BCUT2D eigenvalue weighted by Gasteiger charge is 2.28. The zero-order valence-electron chi connectivity index (χ0n) is 8.45. The molecule has 0 aliphatic heterocycles. The van der Waals surface area contributed by atoms with Crippen LogP contribution in [0, 0.1) is 18.8 Å². The smallest absolute Gasteiger partial charge is 0.276 e. The molecular formula is C10H13N3O. The standard InChI is InChI=1S/C10H13N3O/c1-3-4-7-12-10(14)13(8(2)11-12)9-5-6-9/h9H,5-7H2,1-2H3. The van der Waals surface area contributed by atoms with Gasteiger partial charge in [-0.15, -0.1) is 5.92 Å². The van der Waals surface area contributed by atoms with Crippen LogP contribution >= 0.6 is 0 Å². The van der Waals surface area contributed by atoms with E-state index in [1.54, 1.807) is 11.5 Å². The van der Waals surface area contributed by atoms with Gasteiger partial charge < -0.3 is 0 Å². The first kappa shape index (κ1) is 9.07. The van der Waals surface area contributed by atoms with E-state index in [-0.39, 0.29) is 5.69 Å². The summed E-state index contributed by atoms with van der Waals surface area (Å²) in [6.07, 6.45) is 2.21. The number of aromatic nitrogens is 3. The van der Waals surface area contributed by atoms with E-state index in [0.29, 0.717) is 12.6 Å². The third-order valence-corrected chi connectivity index (χ3v) is 2.36. The fraction of sp³-hybridized carbons (Fsp3) is 0.600. The zero-order chi connectivity index (χ0) is 10.1. The SMILES string of the molecule is CC#CCn1nc(C)n(C2CC2)c1=O. The molecule has 0 N–H and O–H groups in total. The lowest BCUT2D eigenvalue weighted by atomic mass is 10.6. The molecule has 14 heavy (non-hydrogen) atoms. The van der Waals surface area contributed by atoms with E-state index in [9.17, 15) is 4.79 Å². The molecule has 0 amide bonds. The van der Waals surface area contributed by atoms with Crippen LogP contribution in [0.5, 0.6) is 0 Å². The lowest BCUT2D eigenvalue weighted by Crippen LogP contribution is -2.24. The molecule has 2 rings (SSSR count). The van der Waals surface area contributed by atoms with Crippen LogP contribution < -0.4 is 5.69 Å². The second-order valence-corrected chi connectivity index (χ2v) is 3.52. The molecule has 0 atom stereocenters. The minimum atomic E-state index is -0.0206. The first-order chi connectivity index (χ1) is 6.74. The molecule has 74 valence electrons. The van der Waals surface area contributed by atoms with Gasteiger partial charge in [-0.1, -0.05) is 5.92 Å². The van der Waals surface area contributed by atoms with Gasteiger partial charge in [0.1, 0.15) is 12.4 Å². The molecule has 0 unspecified atom stereocenters. The second-order valence-electron chi connectivity index (χ2n) is 3.52. The highest BCUT2D eigenvalue weighted by Crippen LogP contribution is 2.33. The summed E-state index contributed by atoms with van der Waals surface area (Å²) in [5.41, 5.74) is -0.0206. The number of rotatable bonds is 2. The van der Waals surface area contributed by atoms with E-state index in [2.05, 4.69) is 16.9 Å². The fourth-order valence-corrected chi connectivity index (χ4v) is 1.54. The minimum absolute atomic E-state index is 0.0206. The van der Waals surface area contributed by atoms with Crippen LogP contribution in [-0.2, 0) is 6.54 Å². The average molecular weight is 191 g/mol. The highest BCUT2D eigenvalue weighted by atomic mass is 16.2. The van der Waals surface area contributed by atoms with Crippen molar-refractivity contribution in [2.75, 3.05) is 0 Å². The lowest BCUT2D eigenvalue weighted by molar-refractivity contribution is 0.640. The van der Waals surface area contributed by atoms with Crippen molar-refractivity contribution in [3.05, 3.63) is 16.3 Å². The van der Waals surface area contributed by atoms with Crippen LogP contribution in [-0.4, -0.2) is 14.3 Å². The van der Waals surface area contributed by atoms with E-state index >= 15 is 0 Å². The minimum Gasteiger partial charge on any atom is -0.276 e. The van der Waals surface area contributed by atoms with Crippen molar-refractivity contribution in [1.82, 2.24) is 14.3 Å². The Balaban J connectivity index is 2.36. The van der Waals surface area contributed by atoms with Crippen molar-refractivity contribution in [3.63, 3.8) is 0 Å². The fourth-order valence-electron chi connectivity index (χ4n) is 1.54. The number of hydrogen-bond donors (Lipinski definition) is 0. The van der Waals surface area contributed by atoms with Crippen molar-refractivity contribution in [2.24, 2.45) is 0 Å². The molecular weight excluding hydrogens is 178 g/mol. The molecule has 1 saturated carbocycles. The summed E-state index contributed by atoms with van der Waals surface area (Å²) in [6, 6.07) is 0.394. The van der Waals surface area contributed by atoms with Gasteiger partial charge in [-0.05, 0) is 26.7 Å². The zero-order valence-corrected chi connectivity index (χ0v) is 8.45. The summed E-state index contributed by atoms with van der Waals surface area (Å²) >= 11 is 0. The maximum absolute atomic E-state index is 11.8. The first-order valence-electron chi connectivity index (χ1n) is 4.79. The Morgan fingerprint density at radius 1 is 1.57 bits per heavy atom. The van der Waals surface area contributed by atoms with E-state index in [1.807, 2.05) is 6.92 Å². The summed E-state index contributed by atoms with van der Waals surface area (Å²) in [5.74, 6) is 6.40. The van der Waals surface area contributed by atoms with Crippen molar-refractivity contribution in [1.29, 1.82) is 0 Å². The Morgan fingerprint density at radius 3 is 2.86 bits per heavy atom. The molecule has 0 bridgehead atoms. The predicted molar refractivity (Wildman–Crippen MR) is 52.9 cm³/mol. The predicted octanol–water partition coefficient (Wildman–Crippen LogP) is 0.711. The maximum atomic E-state index is 11.8. The van der Waals surface area contributed by atoms with Crippen LogP contribution in [0.1, 0.15) is 31.6 Å². The van der Waals surface area contributed by atoms with Gasteiger partial charge in [-0.2, -0.15) is 5.10 Å². The third kappa shape index (κ3) is 1.46. The molecule has 0 radical (unpaired) electrons. The largest absolute Gasteiger partial charge is 0.347 e. The van der Waals surface area contributed by atoms with Crippen LogP contribution in [0.4, 0.5) is 0 Å². The lowest BCUT2D eigenvalue weighted by Gasteiger charge is -1.95. The van der Waals surface area contributed by atoms with E-state index in [1.165, 1.54) is 4.68 Å². The first-order valence-corrected chi connectivity index (χ1v) is 4.79. The van der Waals surface area contributed by atoms with E-state index < -0.39 is 0 Å². The van der Waals surface area contributed by atoms with Gasteiger partial charge in [0, 0.05) is 6.04 Å². The van der Waals surface area contributed by atoms with Crippen molar-refractivity contribution in [3.8, 4) is 11.8 Å². The summed E-state index contributed by atoms with van der Waals surface area (Å²) in [6.45, 7) is 4.03. The molecule has 1 aliphatic carbocycles. The third-order valence-electron chi connectivity index (χ3n) is 2.36.